The molecule has 6 nitrogen and oxygen atoms in total. The smallest absolute Gasteiger partial charge is 0.264 e. The maximum absolute atomic E-state index is 13.1. The third-order valence-electron chi connectivity index (χ3n) is 2.41. The molecule has 19 heavy (non-hydrogen) atoms. The van der Waals surface area contributed by atoms with E-state index in [1.165, 1.54) is 6.20 Å². The van der Waals surface area contributed by atoms with Gasteiger partial charge in [0.25, 0.3) is 10.0 Å². The quantitative estimate of drug-likeness (QED) is 0.754. The molecule has 0 aliphatic heterocycles. The molecule has 0 saturated carbocycles. The number of hydrogen-bond donors (Lipinski definition) is 3. The molecular weight excluding hydrogens is 295 g/mol. The second-order valence-corrected chi connectivity index (χ2v) is 5.90. The third-order valence-corrected chi connectivity index (χ3v) is 4.22. The Kier molecular flexibility index (Phi) is 3.38. The number of H-pyrrole nitrogens is 1. The minimum absolute atomic E-state index is 0.207. The van der Waals surface area contributed by atoms with Gasteiger partial charge in [-0.1, -0.05) is 11.6 Å². The van der Waals surface area contributed by atoms with Crippen LogP contribution in [0.3, 0.4) is 0 Å². The van der Waals surface area contributed by atoms with Gasteiger partial charge in [0.05, 0.1) is 16.9 Å². The molecule has 2 aromatic rings. The maximum atomic E-state index is 13.1. The minimum Gasteiger partial charge on any atom is -0.396 e. The van der Waals surface area contributed by atoms with Gasteiger partial charge >= 0.3 is 0 Å². The van der Waals surface area contributed by atoms with Gasteiger partial charge in [-0.25, -0.2) is 12.8 Å². The monoisotopic (exact) mass is 304 g/mol. The Hall–Kier alpha value is -1.80. The molecule has 0 aliphatic rings. The molecule has 0 atom stereocenters. The lowest BCUT2D eigenvalue weighted by atomic mass is 10.3. The van der Waals surface area contributed by atoms with Crippen LogP contribution in [0, 0.1) is 12.7 Å². The van der Waals surface area contributed by atoms with Crippen LogP contribution in [-0.2, 0) is 10.0 Å². The van der Waals surface area contributed by atoms with Crippen molar-refractivity contribution in [2.24, 2.45) is 0 Å². The number of sulfonamides is 1. The van der Waals surface area contributed by atoms with Crippen molar-refractivity contribution in [2.45, 2.75) is 11.8 Å². The zero-order valence-corrected chi connectivity index (χ0v) is 11.3. The van der Waals surface area contributed by atoms with Crippen LogP contribution in [0.2, 0.25) is 5.02 Å². The lowest BCUT2D eigenvalue weighted by Crippen LogP contribution is -2.15. The number of aromatic amines is 1. The highest BCUT2D eigenvalue weighted by Crippen LogP contribution is 2.28. The number of benzene rings is 1. The Morgan fingerprint density at radius 1 is 1.47 bits per heavy atom. The Morgan fingerprint density at radius 2 is 2.16 bits per heavy atom. The molecule has 102 valence electrons. The summed E-state index contributed by atoms with van der Waals surface area (Å²) in [5.41, 5.74) is 5.65. The van der Waals surface area contributed by atoms with Crippen molar-refractivity contribution >= 4 is 33.1 Å². The molecule has 0 fully saturated rings. The molecule has 2 rings (SSSR count). The van der Waals surface area contributed by atoms with Gasteiger partial charge in [-0.3, -0.25) is 9.82 Å². The number of halogens is 2. The predicted molar refractivity (Wildman–Crippen MR) is 70.0 cm³/mol. The van der Waals surface area contributed by atoms with Crippen LogP contribution in [0.25, 0.3) is 0 Å². The van der Waals surface area contributed by atoms with Gasteiger partial charge in [-0.05, 0) is 19.1 Å². The Morgan fingerprint density at radius 3 is 2.74 bits per heavy atom. The summed E-state index contributed by atoms with van der Waals surface area (Å²) < 4.78 is 39.6. The highest BCUT2D eigenvalue weighted by atomic mass is 35.5. The van der Waals surface area contributed by atoms with Crippen LogP contribution in [0.1, 0.15) is 5.56 Å². The van der Waals surface area contributed by atoms with Crippen molar-refractivity contribution in [3.63, 3.8) is 0 Å². The van der Waals surface area contributed by atoms with E-state index < -0.39 is 15.8 Å². The van der Waals surface area contributed by atoms with Crippen molar-refractivity contribution in [3.8, 4) is 0 Å². The molecule has 4 N–H and O–H groups in total. The average molecular weight is 305 g/mol. The standard InChI is InChI=1S/C10H10ClFN4O2S/c1-5-4-14-15-10(5)16-19(17,18)9-3-8(13)7(12)2-6(9)11/h2-4H,13H2,1H3,(H2,14,15,16). The number of rotatable bonds is 3. The SMILES string of the molecule is Cc1cn[nH]c1NS(=O)(=O)c1cc(N)c(F)cc1Cl. The molecule has 0 spiro atoms. The van der Waals surface area contributed by atoms with Crippen LogP contribution >= 0.6 is 11.6 Å². The number of aryl methyl sites for hydroxylation is 1. The van der Waals surface area contributed by atoms with Gasteiger partial charge in [-0.2, -0.15) is 5.10 Å². The van der Waals surface area contributed by atoms with Gasteiger partial charge in [0, 0.05) is 5.56 Å². The number of hydrogen-bond acceptors (Lipinski definition) is 4. The lowest BCUT2D eigenvalue weighted by molar-refractivity contribution is 0.600. The highest BCUT2D eigenvalue weighted by Gasteiger charge is 2.21. The number of nitrogens with zero attached hydrogens (tertiary/aromatic N) is 1. The fourth-order valence-corrected chi connectivity index (χ4v) is 3.03. The Labute approximate surface area is 113 Å². The fourth-order valence-electron chi connectivity index (χ4n) is 1.39. The summed E-state index contributed by atoms with van der Waals surface area (Å²) in [5, 5.41) is 5.92. The van der Waals surface area contributed by atoms with Crippen LogP contribution in [0.5, 0.6) is 0 Å². The summed E-state index contributed by atoms with van der Waals surface area (Å²) in [7, 11) is -3.98. The lowest BCUT2D eigenvalue weighted by Gasteiger charge is -2.09. The highest BCUT2D eigenvalue weighted by molar-refractivity contribution is 7.92. The summed E-state index contributed by atoms with van der Waals surface area (Å²) in [6.07, 6.45) is 1.46. The second-order valence-electron chi connectivity index (χ2n) is 3.84. The summed E-state index contributed by atoms with van der Waals surface area (Å²) in [4.78, 5) is -0.304. The first kappa shape index (κ1) is 13.6. The first-order valence-corrected chi connectivity index (χ1v) is 6.94. The third kappa shape index (κ3) is 2.64. The van der Waals surface area contributed by atoms with E-state index in [4.69, 9.17) is 17.3 Å². The number of aromatic nitrogens is 2. The molecule has 9 heteroatoms. The number of anilines is 2. The van der Waals surface area contributed by atoms with Gasteiger partial charge in [0.1, 0.15) is 16.5 Å². The molecule has 0 radical (unpaired) electrons. The van der Waals surface area contributed by atoms with Crippen molar-refractivity contribution in [1.82, 2.24) is 10.2 Å². The second kappa shape index (κ2) is 4.71. The summed E-state index contributed by atoms with van der Waals surface area (Å²) in [6, 6.07) is 1.82. The van der Waals surface area contributed by atoms with E-state index in [1.807, 2.05) is 0 Å². The van der Waals surface area contributed by atoms with Crippen LogP contribution in [-0.4, -0.2) is 18.6 Å². The molecule has 0 aliphatic carbocycles. The molecule has 1 aromatic heterocycles. The van der Waals surface area contributed by atoms with E-state index in [-0.39, 0.29) is 21.4 Å². The average Bonchev–Trinajstić information content (AvgIpc) is 2.69. The molecular formula is C10H10ClFN4O2S. The summed E-state index contributed by atoms with van der Waals surface area (Å²) in [5.74, 6) is -0.569. The molecule has 0 saturated heterocycles. The first-order chi connectivity index (χ1) is 8.81. The normalized spacial score (nSPS) is 11.5. The van der Waals surface area contributed by atoms with E-state index >= 15 is 0 Å². The molecule has 1 heterocycles. The largest absolute Gasteiger partial charge is 0.396 e. The molecule has 0 bridgehead atoms. The molecule has 1 aromatic carbocycles. The molecule has 0 amide bonds. The zero-order valence-electron chi connectivity index (χ0n) is 9.74. The number of nitrogen functional groups attached to an aromatic ring is 1. The number of nitrogens with one attached hydrogen (secondary N) is 2. The van der Waals surface area contributed by atoms with Gasteiger partial charge in [0.15, 0.2) is 0 Å². The van der Waals surface area contributed by atoms with Crippen LogP contribution in [0.4, 0.5) is 15.9 Å². The fraction of sp³-hybridized carbons (Fsp3) is 0.100. The molecule has 0 unspecified atom stereocenters. The zero-order chi connectivity index (χ0) is 14.2. The first-order valence-electron chi connectivity index (χ1n) is 5.08. The Balaban J connectivity index is 2.46. The van der Waals surface area contributed by atoms with Crippen molar-refractivity contribution in [2.75, 3.05) is 10.5 Å². The van der Waals surface area contributed by atoms with Gasteiger partial charge < -0.3 is 5.73 Å². The summed E-state index contributed by atoms with van der Waals surface area (Å²) in [6.45, 7) is 1.67. The maximum Gasteiger partial charge on any atom is 0.264 e. The van der Waals surface area contributed by atoms with Crippen LogP contribution < -0.4 is 10.5 Å². The van der Waals surface area contributed by atoms with Crippen LogP contribution in [0.15, 0.2) is 23.2 Å². The van der Waals surface area contributed by atoms with E-state index in [2.05, 4.69) is 14.9 Å². The van der Waals surface area contributed by atoms with Crippen molar-refractivity contribution in [3.05, 3.63) is 34.7 Å². The van der Waals surface area contributed by atoms with Gasteiger partial charge in [-0.15, -0.1) is 0 Å². The van der Waals surface area contributed by atoms with E-state index in [1.54, 1.807) is 6.92 Å². The minimum atomic E-state index is -3.98. The van der Waals surface area contributed by atoms with Crippen molar-refractivity contribution in [1.29, 1.82) is 0 Å². The van der Waals surface area contributed by atoms with E-state index in [0.29, 0.717) is 5.56 Å². The predicted octanol–water partition coefficient (Wildman–Crippen LogP) is 1.89. The van der Waals surface area contributed by atoms with Crippen molar-refractivity contribution < 1.29 is 12.8 Å². The Bertz CT molecular complexity index is 729. The summed E-state index contributed by atoms with van der Waals surface area (Å²) >= 11 is 5.73. The van der Waals surface area contributed by atoms with Gasteiger partial charge in [0.2, 0.25) is 0 Å². The topological polar surface area (TPSA) is 101 Å². The van der Waals surface area contributed by atoms with E-state index in [9.17, 15) is 12.8 Å². The van der Waals surface area contributed by atoms with E-state index in [0.717, 1.165) is 12.1 Å². The number of nitrogens with two attached hydrogens (primary N) is 1.